The summed E-state index contributed by atoms with van der Waals surface area (Å²) < 4.78 is 17.9. The van der Waals surface area contributed by atoms with Gasteiger partial charge in [-0.1, -0.05) is 32.1 Å². The second kappa shape index (κ2) is 11.9. The number of allylic oxidation sites excluding steroid dienone is 1. The maximum Gasteiger partial charge on any atom is 0.107 e. The zero-order chi connectivity index (χ0) is 16.3. The molecule has 0 aromatic carbocycles. The van der Waals surface area contributed by atoms with Gasteiger partial charge in [0.25, 0.3) is 0 Å². The zero-order valence-corrected chi connectivity index (χ0v) is 13.8. The van der Waals surface area contributed by atoms with Crippen LogP contribution in [0.4, 0.5) is 4.39 Å². The predicted molar refractivity (Wildman–Crippen MR) is 86.1 cm³/mol. The largest absolute Gasteiger partial charge is 0.392 e. The quantitative estimate of drug-likeness (QED) is 0.705. The van der Waals surface area contributed by atoms with E-state index in [9.17, 15) is 9.50 Å². The van der Waals surface area contributed by atoms with Crippen LogP contribution in [0.5, 0.6) is 0 Å². The molecule has 3 unspecified atom stereocenters. The Morgan fingerprint density at radius 2 is 2.19 bits per heavy atom. The van der Waals surface area contributed by atoms with Crippen LogP contribution in [0.3, 0.4) is 0 Å². The third kappa shape index (κ3) is 7.18. The summed E-state index contributed by atoms with van der Waals surface area (Å²) in [6.45, 7) is 7.68. The first-order valence-corrected chi connectivity index (χ1v) is 7.69. The maximum absolute atomic E-state index is 12.6. The van der Waals surface area contributed by atoms with E-state index in [1.54, 1.807) is 0 Å². The highest BCUT2D eigenvalue weighted by atomic mass is 19.1. The van der Waals surface area contributed by atoms with Crippen molar-refractivity contribution in [2.75, 3.05) is 33.4 Å². The van der Waals surface area contributed by atoms with Gasteiger partial charge in [-0.05, 0) is 18.9 Å². The molecule has 4 nitrogen and oxygen atoms in total. The lowest BCUT2D eigenvalue weighted by molar-refractivity contribution is 0.102. The van der Waals surface area contributed by atoms with Crippen LogP contribution in [0.2, 0.25) is 0 Å². The number of hydrogen-bond donors (Lipinski definition) is 2. The Balaban J connectivity index is 0.00000191. The number of β-amino-alcohol motifs (C(OH)–C–C–N with tert-alkyl or cyclic N) is 1. The van der Waals surface area contributed by atoms with Gasteiger partial charge in [-0.25, -0.2) is 4.39 Å². The van der Waals surface area contributed by atoms with Gasteiger partial charge in [-0.3, -0.25) is 4.90 Å². The van der Waals surface area contributed by atoms with Crippen molar-refractivity contribution in [2.24, 2.45) is 5.73 Å². The average molecular weight is 302 g/mol. The third-order valence-electron chi connectivity index (χ3n) is 3.40. The summed E-state index contributed by atoms with van der Waals surface area (Å²) >= 11 is 0. The predicted octanol–water partition coefficient (Wildman–Crippen LogP) is 1.89. The number of alkyl halides is 1. The Bertz CT molecular complexity index is 321. The molecule has 0 aliphatic carbocycles. The van der Waals surface area contributed by atoms with Crippen molar-refractivity contribution in [3.05, 3.63) is 23.8 Å². The molecule has 0 radical (unpaired) electrons. The molecule has 5 heteroatoms. The molecular weight excluding hydrogens is 271 g/mol. The number of likely N-dealkylation sites (tertiary alicyclic amines) is 1. The van der Waals surface area contributed by atoms with Gasteiger partial charge in [-0.2, -0.15) is 0 Å². The van der Waals surface area contributed by atoms with Crippen molar-refractivity contribution < 1.29 is 14.2 Å². The van der Waals surface area contributed by atoms with Gasteiger partial charge >= 0.3 is 0 Å². The molecule has 0 amide bonds. The van der Waals surface area contributed by atoms with E-state index in [1.165, 1.54) is 7.11 Å². The van der Waals surface area contributed by atoms with E-state index in [0.29, 0.717) is 6.54 Å². The molecule has 1 heterocycles. The summed E-state index contributed by atoms with van der Waals surface area (Å²) in [7, 11) is 1.54. The van der Waals surface area contributed by atoms with Gasteiger partial charge < -0.3 is 15.6 Å². The fourth-order valence-electron chi connectivity index (χ4n) is 2.31. The Morgan fingerprint density at radius 3 is 2.62 bits per heavy atom. The van der Waals surface area contributed by atoms with Crippen molar-refractivity contribution >= 4 is 0 Å². The van der Waals surface area contributed by atoms with Crippen LogP contribution in [0, 0.1) is 0 Å². The summed E-state index contributed by atoms with van der Waals surface area (Å²) in [5, 5.41) is 9.43. The van der Waals surface area contributed by atoms with Gasteiger partial charge in [0.05, 0.1) is 18.2 Å². The normalized spacial score (nSPS) is 23.0. The van der Waals surface area contributed by atoms with Crippen molar-refractivity contribution in [1.82, 2.24) is 4.90 Å². The summed E-state index contributed by atoms with van der Waals surface area (Å²) in [5.41, 5.74) is 6.58. The Labute approximate surface area is 128 Å². The number of aliphatic hydroxyl groups is 1. The highest BCUT2D eigenvalue weighted by Gasteiger charge is 2.20. The Hall–Kier alpha value is -0.750. The lowest BCUT2D eigenvalue weighted by atomic mass is 10.0. The fraction of sp³-hybridized carbons (Fsp3) is 0.750. The minimum Gasteiger partial charge on any atom is -0.392 e. The Morgan fingerprint density at radius 1 is 1.52 bits per heavy atom. The van der Waals surface area contributed by atoms with E-state index >= 15 is 0 Å². The molecule has 1 aliphatic heterocycles. The summed E-state index contributed by atoms with van der Waals surface area (Å²) in [6, 6.07) is -0.644. The molecular formula is C16H31FN2O2. The number of halogens is 1. The number of hydrogen-bond acceptors (Lipinski definition) is 4. The lowest BCUT2D eigenvalue weighted by Crippen LogP contribution is -2.39. The van der Waals surface area contributed by atoms with Crippen molar-refractivity contribution in [3.63, 3.8) is 0 Å². The van der Waals surface area contributed by atoms with Crippen LogP contribution < -0.4 is 5.73 Å². The molecule has 1 rings (SSSR count). The molecule has 1 aliphatic rings. The molecule has 0 aromatic rings. The van der Waals surface area contributed by atoms with Gasteiger partial charge in [0, 0.05) is 26.7 Å². The number of rotatable bonds is 7. The second-order valence-electron chi connectivity index (χ2n) is 4.87. The van der Waals surface area contributed by atoms with Crippen molar-refractivity contribution in [3.8, 4) is 0 Å². The molecule has 1 fully saturated rings. The number of ether oxygens (including phenoxy) is 1. The minimum absolute atomic E-state index is 0.207. The summed E-state index contributed by atoms with van der Waals surface area (Å²) in [6.07, 6.45) is 6.02. The number of nitrogens with zero attached hydrogens (tertiary/aromatic N) is 1. The first kappa shape index (κ1) is 20.2. The zero-order valence-electron chi connectivity index (χ0n) is 13.8. The van der Waals surface area contributed by atoms with Gasteiger partial charge in [0.15, 0.2) is 0 Å². The smallest absolute Gasteiger partial charge is 0.107 e. The van der Waals surface area contributed by atoms with E-state index in [1.807, 2.05) is 39.0 Å². The Kier molecular flexibility index (Phi) is 11.4. The van der Waals surface area contributed by atoms with Gasteiger partial charge in [0.1, 0.15) is 6.67 Å². The molecule has 0 spiro atoms. The first-order chi connectivity index (χ1) is 10.1. The van der Waals surface area contributed by atoms with E-state index in [-0.39, 0.29) is 6.10 Å². The molecule has 3 N–H and O–H groups in total. The number of aliphatic hydroxyl groups excluding tert-OH is 1. The van der Waals surface area contributed by atoms with Gasteiger partial charge in [0.2, 0.25) is 0 Å². The monoisotopic (exact) mass is 302 g/mol. The van der Waals surface area contributed by atoms with E-state index < -0.39 is 18.8 Å². The molecule has 0 aromatic heterocycles. The SMILES string of the molecule is C/C=C(\C=C/CN1CCC(O)C1)C(OC)C(N)CF.CC. The van der Waals surface area contributed by atoms with Crippen LogP contribution in [-0.4, -0.2) is 61.7 Å². The van der Waals surface area contributed by atoms with Crippen LogP contribution >= 0.6 is 0 Å². The van der Waals surface area contributed by atoms with Crippen LogP contribution in [0.1, 0.15) is 27.2 Å². The van der Waals surface area contributed by atoms with E-state index in [0.717, 1.165) is 25.1 Å². The van der Waals surface area contributed by atoms with Crippen LogP contribution in [0.25, 0.3) is 0 Å². The standard InChI is InChI=1S/C14H25FN2O2.C2H6/c1-3-11(14(19-2)13(16)9-15)5-4-7-17-8-6-12(18)10-17;1-2/h3-5,12-14,18H,6-10,16H2,1-2H3;1-2H3/b5-4-,11-3+;. The molecule has 21 heavy (non-hydrogen) atoms. The van der Waals surface area contributed by atoms with Crippen LogP contribution in [-0.2, 0) is 4.74 Å². The second-order valence-corrected chi connectivity index (χ2v) is 4.87. The molecule has 0 bridgehead atoms. The first-order valence-electron chi connectivity index (χ1n) is 7.69. The minimum atomic E-state index is -0.644. The molecule has 124 valence electrons. The van der Waals surface area contributed by atoms with Crippen LogP contribution in [0.15, 0.2) is 23.8 Å². The van der Waals surface area contributed by atoms with Gasteiger partial charge in [-0.15, -0.1) is 0 Å². The molecule has 1 saturated heterocycles. The highest BCUT2D eigenvalue weighted by Crippen LogP contribution is 2.13. The molecule has 0 saturated carbocycles. The highest BCUT2D eigenvalue weighted by molar-refractivity contribution is 5.24. The summed E-state index contributed by atoms with van der Waals surface area (Å²) in [5.74, 6) is 0. The molecule has 3 atom stereocenters. The van der Waals surface area contributed by atoms with Crippen molar-refractivity contribution in [2.45, 2.75) is 45.4 Å². The maximum atomic E-state index is 12.6. The fourth-order valence-corrected chi connectivity index (χ4v) is 2.31. The number of methoxy groups -OCH3 is 1. The average Bonchev–Trinajstić information content (AvgIpc) is 2.93. The topological polar surface area (TPSA) is 58.7 Å². The number of nitrogens with two attached hydrogens (primary N) is 1. The third-order valence-corrected chi connectivity index (χ3v) is 3.40. The van der Waals surface area contributed by atoms with E-state index in [2.05, 4.69) is 4.90 Å². The van der Waals surface area contributed by atoms with E-state index in [4.69, 9.17) is 10.5 Å². The summed E-state index contributed by atoms with van der Waals surface area (Å²) in [4.78, 5) is 2.17. The van der Waals surface area contributed by atoms with Crippen molar-refractivity contribution in [1.29, 1.82) is 0 Å². The lowest BCUT2D eigenvalue weighted by Gasteiger charge is -2.21.